The van der Waals surface area contributed by atoms with E-state index in [2.05, 4.69) is 53.2 Å². The summed E-state index contributed by atoms with van der Waals surface area (Å²) < 4.78 is 11.4. The molecule has 35 heteroatoms. The van der Waals surface area contributed by atoms with E-state index in [4.69, 9.17) is 26.4 Å². The number of hydrogen-bond acceptors (Lipinski definition) is 20. The summed E-state index contributed by atoms with van der Waals surface area (Å²) in [6.07, 6.45) is -9.46. The quantitative estimate of drug-likeness (QED) is 0.0158. The molecule has 0 aromatic heterocycles. The fraction of sp³-hybridized carbons (Fsp3) is 0.683. The third-order valence-electron chi connectivity index (χ3n) is 15.2. The highest BCUT2D eigenvalue weighted by molar-refractivity contribution is 6.76. The summed E-state index contributed by atoms with van der Waals surface area (Å²) in [7, 11) is -2.25. The fourth-order valence-electron chi connectivity index (χ4n) is 9.93. The van der Waals surface area contributed by atoms with E-state index in [9.17, 15) is 68.4 Å². The molecule has 0 saturated carbocycles. The van der Waals surface area contributed by atoms with Crippen molar-refractivity contribution < 1.29 is 92.2 Å². The molecule has 15 atom stereocenters. The summed E-state index contributed by atoms with van der Waals surface area (Å²) in [6, 6.07) is -11.2. The first-order valence-corrected chi connectivity index (χ1v) is 36.4. The van der Waals surface area contributed by atoms with Crippen LogP contribution in [0.3, 0.4) is 0 Å². The van der Waals surface area contributed by atoms with Crippen LogP contribution in [0.5, 0.6) is 0 Å². The lowest BCUT2D eigenvalue weighted by Gasteiger charge is -2.34. The molecule has 1 fully saturated rings. The van der Waals surface area contributed by atoms with Gasteiger partial charge < -0.3 is 105 Å². The molecular weight excluding hydrogens is 1300 g/mol. The molecule has 2 rings (SSSR count). The third kappa shape index (κ3) is 29.3. The number of alkyl carbamates (subject to hydrolysis) is 1. The molecule has 98 heavy (non-hydrogen) atoms. The summed E-state index contributed by atoms with van der Waals surface area (Å²) in [5.74, 6) is -17.8. The van der Waals surface area contributed by atoms with Crippen LogP contribution in [0.4, 0.5) is 4.79 Å². The molecule has 0 aliphatic carbocycles. The molecule has 0 bridgehead atoms. The molecule has 0 spiro atoms. The Balaban J connectivity index is 3.18. The van der Waals surface area contributed by atoms with Crippen LogP contribution in [-0.2, 0) is 67.0 Å². The van der Waals surface area contributed by atoms with Crippen molar-refractivity contribution in [2.45, 2.75) is 231 Å². The van der Waals surface area contributed by atoms with Crippen molar-refractivity contribution in [3.05, 3.63) is 35.9 Å². The molecule has 552 valence electrons. The van der Waals surface area contributed by atoms with E-state index in [0.717, 1.165) is 6.92 Å². The number of primary amides is 1. The van der Waals surface area contributed by atoms with E-state index in [1.54, 1.807) is 62.3 Å². The van der Waals surface area contributed by atoms with Crippen LogP contribution in [0, 0.1) is 29.1 Å². The van der Waals surface area contributed by atoms with Crippen LogP contribution in [0.25, 0.3) is 0 Å². The van der Waals surface area contributed by atoms with Gasteiger partial charge in [0.1, 0.15) is 60.0 Å². The highest BCUT2D eigenvalue weighted by Gasteiger charge is 2.44. The molecular formula is C63H107N15O19Si. The van der Waals surface area contributed by atoms with Crippen molar-refractivity contribution in [2.24, 2.45) is 35.1 Å². The molecule has 1 aromatic rings. The summed E-state index contributed by atoms with van der Waals surface area (Å²) in [5.41, 5.74) is 9.78. The van der Waals surface area contributed by atoms with Crippen LogP contribution < -0.4 is 75.3 Å². The van der Waals surface area contributed by atoms with Crippen LogP contribution in [0.2, 0.25) is 25.7 Å². The van der Waals surface area contributed by atoms with Gasteiger partial charge >= 0.3 is 12.1 Å². The number of esters is 1. The maximum absolute atomic E-state index is 15.6. The minimum Gasteiger partial charge on any atom is -0.453 e. The molecule has 1 saturated heterocycles. The van der Waals surface area contributed by atoms with E-state index < -0.39 is 218 Å². The standard InChI is InChI=1S/C63H107N15O19Si/c1-16-33(8)42-56(90)76-43(34(9)80)55(89)68-27-41(81)74-45(48(83)50(64)84)58(92)72-39(28-79)60(94)96-49(35-21-18-17-19-22-35)46(78-53(87)38(26-31(4)5)70-54(88)40(29-98(13,14)15)73-62(95)97-63(10,11)12)59(93)77-44(47(82)32(6)7)57(91)71-37(25-30(2)3)52(86)69-36(51(85)75-42)23-20-24-67-61(65)66/h17-19,21-22,30-34,36-40,42-49,79-80,82-83H,16,20,23-29H2,1-15H3,(H2,64,84)(H,68,89)(H,69,86)(H,70,88)(H,71,91)(H,72,92)(H,73,95)(H,74,81)(H,75,85)(H,76,90)(H,77,93)(H,78,87)(H4,65,66,67)/t33-,34-,36+,37-,38-,39-,40-,42?,43?,44-,45-,46-,47+,48-,49+/m0/s1. The number of ether oxygens (including phenoxy) is 2. The van der Waals surface area contributed by atoms with Crippen LogP contribution >= 0.6 is 0 Å². The number of rotatable bonds is 24. The molecule has 34 nitrogen and oxygen atoms in total. The minimum atomic E-state index is -2.60. The van der Waals surface area contributed by atoms with Gasteiger partial charge in [-0.3, -0.25) is 58.1 Å². The molecule has 12 amide bonds. The predicted octanol–water partition coefficient (Wildman–Crippen LogP) is -3.37. The van der Waals surface area contributed by atoms with Crippen LogP contribution in [0.15, 0.2) is 30.3 Å². The van der Waals surface area contributed by atoms with Gasteiger partial charge in [-0.1, -0.05) is 112 Å². The first-order valence-electron chi connectivity index (χ1n) is 32.7. The molecule has 0 radical (unpaired) electrons. The maximum atomic E-state index is 15.6. The number of aliphatic hydroxyl groups excluding tert-OH is 4. The number of cyclic esters (lactones) is 1. The number of nitrogens with one attached hydrogen (secondary N) is 13. The van der Waals surface area contributed by atoms with Gasteiger partial charge in [0.25, 0.3) is 0 Å². The third-order valence-corrected chi connectivity index (χ3v) is 16.9. The molecule has 1 aromatic carbocycles. The Bertz CT molecular complexity index is 2930. The first-order chi connectivity index (χ1) is 45.4. The number of aliphatic hydroxyl groups is 4. The van der Waals surface area contributed by atoms with Gasteiger partial charge in [-0.05, 0) is 88.7 Å². The number of carbonyl (C=O) groups is 13. The zero-order chi connectivity index (χ0) is 74.9. The Kier molecular flexibility index (Phi) is 34.7. The monoisotopic (exact) mass is 1410 g/mol. The van der Waals surface area contributed by atoms with E-state index >= 15 is 14.4 Å². The zero-order valence-corrected chi connectivity index (χ0v) is 59.7. The van der Waals surface area contributed by atoms with Gasteiger partial charge in [0.2, 0.25) is 65.0 Å². The fourth-order valence-corrected chi connectivity index (χ4v) is 11.4. The molecule has 21 N–H and O–H groups in total. The average Bonchev–Trinajstić information content (AvgIpc) is 0.824. The van der Waals surface area contributed by atoms with E-state index in [0.29, 0.717) is 0 Å². The molecule has 2 unspecified atom stereocenters. The Morgan fingerprint density at radius 1 is 0.684 bits per heavy atom. The summed E-state index contributed by atoms with van der Waals surface area (Å²) in [4.78, 5) is 185. The Hall–Kier alpha value is -8.54. The van der Waals surface area contributed by atoms with Gasteiger partial charge in [0.15, 0.2) is 24.2 Å². The number of amides is 12. The summed E-state index contributed by atoms with van der Waals surface area (Å²) in [6.45, 7) is 22.2. The number of nitrogens with two attached hydrogens (primary N) is 2. The van der Waals surface area contributed by atoms with Crippen molar-refractivity contribution in [1.82, 2.24) is 63.8 Å². The Morgan fingerprint density at radius 3 is 1.76 bits per heavy atom. The zero-order valence-electron chi connectivity index (χ0n) is 58.7. The van der Waals surface area contributed by atoms with Gasteiger partial charge in [-0.25, -0.2) is 9.59 Å². The SMILES string of the molecule is CC[C@H](C)C1NC(=O)[C@@H](CCCNC(=N)N)NC(=O)[C@H](CC(C)C)NC(=O)[C@H]([C@H](O)C(C)C)NC(=O)[C@@H](NC(=O)[C@H](CC(C)C)NC(=O)[C@H](C[Si](C)(C)C)NC(=O)OC(C)(C)C)[C@@H](c2ccccc2)OC(=O)[C@H](CO)NC(=O)[C@H]([C@H](O)C(N)=O)NC(=O)CNC(=O)C([C@H](C)O)NC1=O. The Morgan fingerprint density at radius 2 is 1.23 bits per heavy atom. The molecule has 1 heterocycles. The topological polar surface area (TPSA) is 542 Å². The van der Waals surface area contributed by atoms with Gasteiger partial charge in [-0.15, -0.1) is 0 Å². The second-order valence-corrected chi connectivity index (χ2v) is 33.3. The maximum Gasteiger partial charge on any atom is 0.408 e. The number of benzene rings is 1. The number of hydrogen-bond donors (Lipinski definition) is 19. The van der Waals surface area contributed by atoms with Crippen molar-refractivity contribution in [3.63, 3.8) is 0 Å². The van der Waals surface area contributed by atoms with Crippen LogP contribution in [-0.4, -0.2) is 216 Å². The van der Waals surface area contributed by atoms with Crippen molar-refractivity contribution in [1.29, 1.82) is 5.41 Å². The second kappa shape index (κ2) is 39.8. The summed E-state index contributed by atoms with van der Waals surface area (Å²) >= 11 is 0. The van der Waals surface area contributed by atoms with Crippen molar-refractivity contribution in [3.8, 4) is 0 Å². The highest BCUT2D eigenvalue weighted by atomic mass is 28.3. The summed E-state index contributed by atoms with van der Waals surface area (Å²) in [5, 5.41) is 81.3. The second-order valence-electron chi connectivity index (χ2n) is 27.8. The highest BCUT2D eigenvalue weighted by Crippen LogP contribution is 2.25. The van der Waals surface area contributed by atoms with Gasteiger partial charge in [-0.2, -0.15) is 0 Å². The number of carbonyl (C=O) groups excluding carboxylic acids is 13. The predicted molar refractivity (Wildman–Crippen MR) is 359 cm³/mol. The largest absolute Gasteiger partial charge is 0.453 e. The Labute approximate surface area is 572 Å². The van der Waals surface area contributed by atoms with Crippen LogP contribution in [0.1, 0.15) is 127 Å². The lowest BCUT2D eigenvalue weighted by molar-refractivity contribution is -0.159. The first kappa shape index (κ1) is 85.5. The van der Waals surface area contributed by atoms with Crippen molar-refractivity contribution >= 4 is 91.1 Å². The smallest absolute Gasteiger partial charge is 0.408 e. The van der Waals surface area contributed by atoms with Crippen molar-refractivity contribution in [2.75, 3.05) is 19.7 Å². The molecule has 1 aliphatic heterocycles. The van der Waals surface area contributed by atoms with E-state index in [-0.39, 0.29) is 50.3 Å². The lowest BCUT2D eigenvalue weighted by Crippen LogP contribution is -2.64. The lowest BCUT2D eigenvalue weighted by atomic mass is 9.95. The normalized spacial score (nSPS) is 23.9. The van der Waals surface area contributed by atoms with E-state index in [1.165, 1.54) is 44.2 Å². The average molecular weight is 1410 g/mol. The van der Waals surface area contributed by atoms with Gasteiger partial charge in [0, 0.05) is 14.6 Å². The molecule has 1 aliphatic rings. The van der Waals surface area contributed by atoms with E-state index in [1.807, 2.05) is 30.3 Å². The minimum absolute atomic E-state index is 0.000987. The van der Waals surface area contributed by atoms with Gasteiger partial charge in [0.05, 0.1) is 25.4 Å². The number of guanidine groups is 1.